The number of hydrogen-bond acceptors (Lipinski definition) is 4. The molecule has 0 aliphatic heterocycles. The van der Waals surface area contributed by atoms with Crippen LogP contribution in [0.3, 0.4) is 0 Å². The van der Waals surface area contributed by atoms with E-state index in [0.29, 0.717) is 27.8 Å². The summed E-state index contributed by atoms with van der Waals surface area (Å²) in [6.07, 6.45) is 1.83. The van der Waals surface area contributed by atoms with E-state index in [0.717, 1.165) is 10.9 Å². The van der Waals surface area contributed by atoms with E-state index in [1.807, 2.05) is 30.3 Å². The van der Waals surface area contributed by atoms with Gasteiger partial charge in [-0.05, 0) is 42.3 Å². The van der Waals surface area contributed by atoms with Crippen molar-refractivity contribution < 1.29 is 14.7 Å². The second-order valence-corrected chi connectivity index (χ2v) is 8.25. The van der Waals surface area contributed by atoms with Gasteiger partial charge in [-0.3, -0.25) is 24.5 Å². The van der Waals surface area contributed by atoms with Gasteiger partial charge in [-0.15, -0.1) is 0 Å². The van der Waals surface area contributed by atoms with Gasteiger partial charge in [0.15, 0.2) is 0 Å². The van der Waals surface area contributed by atoms with Crippen molar-refractivity contribution in [2.75, 3.05) is 5.32 Å². The van der Waals surface area contributed by atoms with Gasteiger partial charge in [-0.2, -0.15) is 0 Å². The van der Waals surface area contributed by atoms with Crippen LogP contribution in [-0.2, 0) is 9.59 Å². The van der Waals surface area contributed by atoms with Crippen molar-refractivity contribution in [3.63, 3.8) is 0 Å². The Balaban J connectivity index is 1.30. The number of aromatic nitrogens is 3. The normalized spacial score (nSPS) is 12.0. The molecule has 8 heteroatoms. The van der Waals surface area contributed by atoms with Crippen LogP contribution >= 0.6 is 0 Å². The van der Waals surface area contributed by atoms with Crippen molar-refractivity contribution in [2.24, 2.45) is 0 Å². The number of rotatable bonds is 7. The topological polar surface area (TPSA) is 117 Å². The van der Waals surface area contributed by atoms with E-state index in [9.17, 15) is 19.5 Å². The SMILES string of the molecule is O=C(CCC(C(=O)O)c1ccccc1)Nc1ccc(-n2[nH]c3c(cnc4ccccc43)c2=O)cc1. The van der Waals surface area contributed by atoms with Crippen molar-refractivity contribution in [2.45, 2.75) is 18.8 Å². The predicted molar refractivity (Wildman–Crippen MR) is 134 cm³/mol. The molecule has 5 rings (SSSR count). The summed E-state index contributed by atoms with van der Waals surface area (Å²) in [5, 5.41) is 16.8. The molecule has 0 spiro atoms. The minimum atomic E-state index is -0.958. The van der Waals surface area contributed by atoms with E-state index in [4.69, 9.17) is 0 Å². The largest absolute Gasteiger partial charge is 0.481 e. The lowest BCUT2D eigenvalue weighted by Crippen LogP contribution is -2.17. The smallest absolute Gasteiger partial charge is 0.310 e. The van der Waals surface area contributed by atoms with E-state index in [1.54, 1.807) is 54.7 Å². The Hall–Kier alpha value is -4.72. The third kappa shape index (κ3) is 4.41. The van der Waals surface area contributed by atoms with Crippen molar-refractivity contribution in [1.82, 2.24) is 14.8 Å². The summed E-state index contributed by atoms with van der Waals surface area (Å²) >= 11 is 0. The summed E-state index contributed by atoms with van der Waals surface area (Å²) in [6.45, 7) is 0. The van der Waals surface area contributed by atoms with E-state index in [1.165, 1.54) is 4.68 Å². The second kappa shape index (κ2) is 9.26. The molecule has 0 fully saturated rings. The number of fused-ring (bicyclic) bond motifs is 3. The van der Waals surface area contributed by atoms with Gasteiger partial charge in [-0.1, -0.05) is 48.5 Å². The monoisotopic (exact) mass is 466 g/mol. The fraction of sp³-hybridized carbons (Fsp3) is 0.111. The molecule has 0 saturated carbocycles. The van der Waals surface area contributed by atoms with E-state index in [2.05, 4.69) is 15.4 Å². The number of nitrogens with one attached hydrogen (secondary N) is 2. The Bertz CT molecular complexity index is 1590. The molecule has 35 heavy (non-hydrogen) atoms. The average molecular weight is 466 g/mol. The summed E-state index contributed by atoms with van der Waals surface area (Å²) < 4.78 is 1.45. The van der Waals surface area contributed by atoms with E-state index >= 15 is 0 Å². The Morgan fingerprint density at radius 3 is 2.40 bits per heavy atom. The van der Waals surface area contributed by atoms with Gasteiger partial charge in [0.1, 0.15) is 0 Å². The molecule has 3 aromatic carbocycles. The van der Waals surface area contributed by atoms with Crippen LogP contribution in [0.1, 0.15) is 24.3 Å². The summed E-state index contributed by atoms with van der Waals surface area (Å²) in [5.41, 5.74) is 3.14. The molecule has 0 bridgehead atoms. The number of para-hydroxylation sites is 1. The number of benzene rings is 3. The third-order valence-electron chi connectivity index (χ3n) is 6.00. The Kier molecular flexibility index (Phi) is 5.85. The lowest BCUT2D eigenvalue weighted by Gasteiger charge is -2.13. The Morgan fingerprint density at radius 2 is 1.66 bits per heavy atom. The molecule has 174 valence electrons. The number of amides is 1. The first-order valence-corrected chi connectivity index (χ1v) is 11.2. The number of nitrogens with zero attached hydrogens (tertiary/aromatic N) is 2. The summed E-state index contributed by atoms with van der Waals surface area (Å²) in [4.78, 5) is 41.4. The number of pyridine rings is 1. The molecular formula is C27H22N4O4. The molecule has 2 heterocycles. The molecule has 1 amide bonds. The molecule has 0 aliphatic carbocycles. The average Bonchev–Trinajstić information content (AvgIpc) is 3.22. The number of aliphatic carboxylic acids is 1. The summed E-state index contributed by atoms with van der Waals surface area (Å²) in [7, 11) is 0. The van der Waals surface area contributed by atoms with Crippen LogP contribution in [0.2, 0.25) is 0 Å². The number of carboxylic acid groups (broad SMARTS) is 1. The molecule has 1 atom stereocenters. The molecular weight excluding hydrogens is 444 g/mol. The first-order valence-electron chi connectivity index (χ1n) is 11.2. The zero-order chi connectivity index (χ0) is 24.4. The summed E-state index contributed by atoms with van der Waals surface area (Å²) in [5.74, 6) is -1.98. The zero-order valence-electron chi connectivity index (χ0n) is 18.6. The minimum absolute atomic E-state index is 0.0646. The number of hydrogen-bond donors (Lipinski definition) is 3. The maximum Gasteiger partial charge on any atom is 0.310 e. The number of aromatic amines is 1. The van der Waals surface area contributed by atoms with Gasteiger partial charge in [0.05, 0.1) is 28.0 Å². The van der Waals surface area contributed by atoms with Gasteiger partial charge < -0.3 is 10.4 Å². The molecule has 5 aromatic rings. The maximum absolute atomic E-state index is 12.9. The fourth-order valence-corrected chi connectivity index (χ4v) is 4.20. The highest BCUT2D eigenvalue weighted by Gasteiger charge is 2.20. The van der Waals surface area contributed by atoms with Crippen LogP contribution in [-0.4, -0.2) is 31.7 Å². The van der Waals surface area contributed by atoms with Crippen LogP contribution in [0.25, 0.3) is 27.5 Å². The highest BCUT2D eigenvalue weighted by Crippen LogP contribution is 2.23. The van der Waals surface area contributed by atoms with Crippen LogP contribution in [0, 0.1) is 0 Å². The lowest BCUT2D eigenvalue weighted by atomic mass is 9.94. The maximum atomic E-state index is 12.9. The van der Waals surface area contributed by atoms with Crippen molar-refractivity contribution in [1.29, 1.82) is 0 Å². The summed E-state index contributed by atoms with van der Waals surface area (Å²) in [6, 6.07) is 23.3. The minimum Gasteiger partial charge on any atom is -0.481 e. The molecule has 8 nitrogen and oxygen atoms in total. The second-order valence-electron chi connectivity index (χ2n) is 8.25. The highest BCUT2D eigenvalue weighted by molar-refractivity contribution is 6.02. The van der Waals surface area contributed by atoms with Gasteiger partial charge in [0.25, 0.3) is 5.56 Å². The van der Waals surface area contributed by atoms with Gasteiger partial charge in [-0.25, -0.2) is 4.68 Å². The molecule has 3 N–H and O–H groups in total. The standard InChI is InChI=1S/C27H22N4O4/c32-24(15-14-20(27(34)35)17-6-2-1-3-7-17)29-18-10-12-19(13-11-18)31-26(33)22-16-28-23-9-5-4-8-21(23)25(22)30-31/h1-13,16,20,30H,14-15H2,(H,29,32)(H,34,35). The van der Waals surface area contributed by atoms with Gasteiger partial charge in [0.2, 0.25) is 5.91 Å². The van der Waals surface area contributed by atoms with Crippen molar-refractivity contribution in [3.05, 3.63) is 101 Å². The fourth-order valence-electron chi connectivity index (χ4n) is 4.20. The molecule has 0 saturated heterocycles. The van der Waals surface area contributed by atoms with Crippen LogP contribution in [0.15, 0.2) is 89.9 Å². The molecule has 0 radical (unpaired) electrons. The molecule has 1 unspecified atom stereocenters. The van der Waals surface area contributed by atoms with Gasteiger partial charge >= 0.3 is 5.97 Å². The zero-order valence-corrected chi connectivity index (χ0v) is 18.6. The number of carbonyl (C=O) groups excluding carboxylic acids is 1. The van der Waals surface area contributed by atoms with Gasteiger partial charge in [0, 0.05) is 23.7 Å². The molecule has 2 aromatic heterocycles. The number of H-pyrrole nitrogens is 1. The number of carboxylic acids is 1. The van der Waals surface area contributed by atoms with Crippen molar-refractivity contribution >= 4 is 39.4 Å². The lowest BCUT2D eigenvalue weighted by molar-refractivity contribution is -0.139. The Morgan fingerprint density at radius 1 is 0.943 bits per heavy atom. The van der Waals surface area contributed by atoms with Crippen LogP contribution in [0.5, 0.6) is 0 Å². The van der Waals surface area contributed by atoms with Crippen LogP contribution < -0.4 is 10.9 Å². The third-order valence-corrected chi connectivity index (χ3v) is 6.00. The van der Waals surface area contributed by atoms with Crippen LogP contribution in [0.4, 0.5) is 5.69 Å². The number of carbonyl (C=O) groups is 2. The Labute approximate surface area is 199 Å². The first kappa shape index (κ1) is 22.1. The predicted octanol–water partition coefficient (Wildman–Crippen LogP) is 4.45. The quantitative estimate of drug-likeness (QED) is 0.328. The van der Waals surface area contributed by atoms with E-state index in [-0.39, 0.29) is 24.3 Å². The first-order chi connectivity index (χ1) is 17.0. The molecule has 0 aliphatic rings. The number of anilines is 1. The highest BCUT2D eigenvalue weighted by atomic mass is 16.4. The van der Waals surface area contributed by atoms with E-state index < -0.39 is 11.9 Å². The van der Waals surface area contributed by atoms with Crippen molar-refractivity contribution in [3.8, 4) is 5.69 Å².